The monoisotopic (exact) mass is 238 g/mol. The number of hydrogen-bond acceptors (Lipinski definition) is 5. The Kier molecular flexibility index (Phi) is 3.73. The van der Waals surface area contributed by atoms with E-state index in [-0.39, 0.29) is 17.8 Å². The minimum absolute atomic E-state index is 0.139. The number of hydrogen-bond donors (Lipinski definition) is 1. The SMILES string of the molecule is Cc1nc(C(=O)N2CCCCC2CCN)no1. The van der Waals surface area contributed by atoms with Crippen LogP contribution in [0.25, 0.3) is 0 Å². The van der Waals surface area contributed by atoms with Crippen molar-refractivity contribution in [3.05, 3.63) is 11.7 Å². The molecule has 6 heteroatoms. The van der Waals surface area contributed by atoms with E-state index in [2.05, 4.69) is 10.1 Å². The van der Waals surface area contributed by atoms with Crippen LogP contribution >= 0.6 is 0 Å². The van der Waals surface area contributed by atoms with Crippen molar-refractivity contribution in [1.82, 2.24) is 15.0 Å². The molecule has 0 saturated carbocycles. The van der Waals surface area contributed by atoms with Crippen LogP contribution in [0, 0.1) is 6.92 Å². The first-order valence-corrected chi connectivity index (χ1v) is 6.03. The number of carbonyl (C=O) groups excluding carboxylic acids is 1. The van der Waals surface area contributed by atoms with Gasteiger partial charge in [-0.15, -0.1) is 0 Å². The summed E-state index contributed by atoms with van der Waals surface area (Å²) in [6.45, 7) is 3.04. The molecule has 1 amide bonds. The fraction of sp³-hybridized carbons (Fsp3) is 0.727. The predicted octanol–water partition coefficient (Wildman–Crippen LogP) is 0.722. The van der Waals surface area contributed by atoms with E-state index in [0.29, 0.717) is 12.4 Å². The molecular formula is C11H18N4O2. The van der Waals surface area contributed by atoms with E-state index in [0.717, 1.165) is 32.2 Å². The Labute approximate surface area is 100 Å². The van der Waals surface area contributed by atoms with E-state index in [1.807, 2.05) is 4.90 Å². The van der Waals surface area contributed by atoms with Gasteiger partial charge in [0.1, 0.15) is 0 Å². The van der Waals surface area contributed by atoms with Crippen molar-refractivity contribution in [2.75, 3.05) is 13.1 Å². The second-order valence-electron chi connectivity index (χ2n) is 4.36. The van der Waals surface area contributed by atoms with Gasteiger partial charge in [-0.2, -0.15) is 4.98 Å². The maximum Gasteiger partial charge on any atom is 0.295 e. The fourth-order valence-electron chi connectivity index (χ4n) is 2.28. The third kappa shape index (κ3) is 2.63. The van der Waals surface area contributed by atoms with Crippen LogP contribution in [-0.4, -0.2) is 40.1 Å². The summed E-state index contributed by atoms with van der Waals surface area (Å²) >= 11 is 0. The highest BCUT2D eigenvalue weighted by atomic mass is 16.5. The standard InChI is InChI=1S/C11H18N4O2/c1-8-13-10(14-17-8)11(16)15-7-3-2-4-9(15)5-6-12/h9H,2-7,12H2,1H3. The van der Waals surface area contributed by atoms with E-state index in [9.17, 15) is 4.79 Å². The lowest BCUT2D eigenvalue weighted by atomic mass is 9.99. The molecule has 2 rings (SSSR count). The lowest BCUT2D eigenvalue weighted by Gasteiger charge is -2.34. The van der Waals surface area contributed by atoms with Gasteiger partial charge in [-0.05, 0) is 32.2 Å². The maximum absolute atomic E-state index is 12.2. The summed E-state index contributed by atoms with van der Waals surface area (Å²) in [5.74, 6) is 0.437. The topological polar surface area (TPSA) is 85.2 Å². The van der Waals surface area contributed by atoms with Gasteiger partial charge < -0.3 is 15.2 Å². The van der Waals surface area contributed by atoms with Gasteiger partial charge in [0.2, 0.25) is 5.89 Å². The van der Waals surface area contributed by atoms with Gasteiger partial charge in [-0.1, -0.05) is 5.16 Å². The van der Waals surface area contributed by atoms with E-state index in [4.69, 9.17) is 10.3 Å². The highest BCUT2D eigenvalue weighted by molar-refractivity contribution is 5.90. The molecule has 1 unspecified atom stereocenters. The molecule has 0 spiro atoms. The molecule has 1 atom stereocenters. The molecule has 0 radical (unpaired) electrons. The third-order valence-electron chi connectivity index (χ3n) is 3.11. The van der Waals surface area contributed by atoms with Crippen LogP contribution in [0.4, 0.5) is 0 Å². The molecule has 17 heavy (non-hydrogen) atoms. The predicted molar refractivity (Wildman–Crippen MR) is 61.4 cm³/mol. The summed E-state index contributed by atoms with van der Waals surface area (Å²) in [7, 11) is 0. The summed E-state index contributed by atoms with van der Waals surface area (Å²) < 4.78 is 4.84. The van der Waals surface area contributed by atoms with Crippen molar-refractivity contribution in [2.45, 2.75) is 38.6 Å². The Morgan fingerprint density at radius 2 is 2.41 bits per heavy atom. The second kappa shape index (κ2) is 5.27. The van der Waals surface area contributed by atoms with Gasteiger partial charge in [0.25, 0.3) is 11.7 Å². The lowest BCUT2D eigenvalue weighted by Crippen LogP contribution is -2.45. The van der Waals surface area contributed by atoms with Crippen molar-refractivity contribution in [2.24, 2.45) is 5.73 Å². The Balaban J connectivity index is 2.10. The number of aryl methyl sites for hydroxylation is 1. The van der Waals surface area contributed by atoms with Crippen molar-refractivity contribution < 1.29 is 9.32 Å². The molecule has 0 aromatic carbocycles. The summed E-state index contributed by atoms with van der Waals surface area (Å²) in [5, 5.41) is 3.68. The molecule has 94 valence electrons. The van der Waals surface area contributed by atoms with Gasteiger partial charge in [0.05, 0.1) is 0 Å². The van der Waals surface area contributed by atoms with Crippen molar-refractivity contribution in [3.63, 3.8) is 0 Å². The lowest BCUT2D eigenvalue weighted by molar-refractivity contribution is 0.0589. The number of piperidine rings is 1. The highest BCUT2D eigenvalue weighted by Gasteiger charge is 2.29. The zero-order valence-corrected chi connectivity index (χ0v) is 10.1. The minimum atomic E-state index is -0.139. The van der Waals surface area contributed by atoms with Crippen LogP contribution in [0.15, 0.2) is 4.52 Å². The summed E-state index contributed by atoms with van der Waals surface area (Å²) in [5.41, 5.74) is 5.58. The number of nitrogens with two attached hydrogens (primary N) is 1. The number of carbonyl (C=O) groups is 1. The zero-order valence-electron chi connectivity index (χ0n) is 10.1. The van der Waals surface area contributed by atoms with Crippen molar-refractivity contribution in [3.8, 4) is 0 Å². The number of rotatable bonds is 3. The van der Waals surface area contributed by atoms with Crippen molar-refractivity contribution in [1.29, 1.82) is 0 Å². The van der Waals surface area contributed by atoms with Crippen LogP contribution in [0.1, 0.15) is 42.2 Å². The molecular weight excluding hydrogens is 220 g/mol. The number of amides is 1. The second-order valence-corrected chi connectivity index (χ2v) is 4.36. The molecule has 1 aliphatic heterocycles. The molecule has 1 fully saturated rings. The molecule has 0 bridgehead atoms. The van der Waals surface area contributed by atoms with Crippen molar-refractivity contribution >= 4 is 5.91 Å². The van der Waals surface area contributed by atoms with Crippen LogP contribution in [0.2, 0.25) is 0 Å². The summed E-state index contributed by atoms with van der Waals surface area (Å²) in [4.78, 5) is 18.0. The molecule has 1 aromatic rings. The number of aromatic nitrogens is 2. The van der Waals surface area contributed by atoms with Gasteiger partial charge in [0, 0.05) is 19.5 Å². The first-order chi connectivity index (χ1) is 8.22. The highest BCUT2D eigenvalue weighted by Crippen LogP contribution is 2.20. The molecule has 2 N–H and O–H groups in total. The summed E-state index contributed by atoms with van der Waals surface area (Å²) in [6.07, 6.45) is 4.03. The summed E-state index contributed by atoms with van der Waals surface area (Å²) in [6, 6.07) is 0.222. The average molecular weight is 238 g/mol. The maximum atomic E-state index is 12.2. The molecule has 1 aromatic heterocycles. The first-order valence-electron chi connectivity index (χ1n) is 6.03. The van der Waals surface area contributed by atoms with Crippen LogP contribution in [0.5, 0.6) is 0 Å². The van der Waals surface area contributed by atoms with E-state index in [1.165, 1.54) is 0 Å². The van der Waals surface area contributed by atoms with Crippen LogP contribution in [-0.2, 0) is 0 Å². The first kappa shape index (κ1) is 12.0. The molecule has 1 aliphatic rings. The Hall–Kier alpha value is -1.43. The van der Waals surface area contributed by atoms with Gasteiger partial charge >= 0.3 is 0 Å². The molecule has 1 saturated heterocycles. The average Bonchev–Trinajstić information content (AvgIpc) is 2.76. The normalized spacial score (nSPS) is 20.6. The molecule has 6 nitrogen and oxygen atoms in total. The number of nitrogens with zero attached hydrogens (tertiary/aromatic N) is 3. The number of likely N-dealkylation sites (tertiary alicyclic amines) is 1. The minimum Gasteiger partial charge on any atom is -0.339 e. The van der Waals surface area contributed by atoms with Gasteiger partial charge in [-0.3, -0.25) is 4.79 Å². The van der Waals surface area contributed by atoms with Gasteiger partial charge in [-0.25, -0.2) is 0 Å². The quantitative estimate of drug-likeness (QED) is 0.838. The smallest absolute Gasteiger partial charge is 0.295 e. The largest absolute Gasteiger partial charge is 0.339 e. The fourth-order valence-corrected chi connectivity index (χ4v) is 2.28. The Morgan fingerprint density at radius 3 is 3.06 bits per heavy atom. The Morgan fingerprint density at radius 1 is 1.59 bits per heavy atom. The zero-order chi connectivity index (χ0) is 12.3. The Bertz CT molecular complexity index is 389. The molecule has 0 aliphatic carbocycles. The van der Waals surface area contributed by atoms with E-state index in [1.54, 1.807) is 6.92 Å². The van der Waals surface area contributed by atoms with E-state index < -0.39 is 0 Å². The van der Waals surface area contributed by atoms with E-state index >= 15 is 0 Å². The van der Waals surface area contributed by atoms with Crippen LogP contribution < -0.4 is 5.73 Å². The van der Waals surface area contributed by atoms with Crippen LogP contribution in [0.3, 0.4) is 0 Å². The third-order valence-corrected chi connectivity index (χ3v) is 3.11. The molecule has 2 heterocycles. The van der Waals surface area contributed by atoms with Gasteiger partial charge in [0.15, 0.2) is 0 Å².